The maximum Gasteiger partial charge on any atom is -0.00728 e. The summed E-state index contributed by atoms with van der Waals surface area (Å²) in [5.74, 6) is 0. The summed E-state index contributed by atoms with van der Waals surface area (Å²) in [6.45, 7) is 13.9. The SMILES string of the molecule is CCC(C)(C)CC(C)(CC)c1ccc(C)cc1. The van der Waals surface area contributed by atoms with Crippen molar-refractivity contribution in [2.24, 2.45) is 5.41 Å². The van der Waals surface area contributed by atoms with Crippen LogP contribution in [0, 0.1) is 12.3 Å². The number of aryl methyl sites for hydroxylation is 1. The molecule has 0 spiro atoms. The maximum absolute atomic E-state index is 2.41. The molecule has 0 aromatic heterocycles. The highest BCUT2D eigenvalue weighted by Gasteiger charge is 2.31. The Kier molecular flexibility index (Phi) is 4.41. The Morgan fingerprint density at radius 1 is 0.882 bits per heavy atom. The number of rotatable bonds is 5. The molecule has 0 saturated heterocycles. The molecule has 96 valence electrons. The first-order chi connectivity index (χ1) is 7.83. The lowest BCUT2D eigenvalue weighted by Gasteiger charge is -2.37. The fraction of sp³-hybridized carbons (Fsp3) is 0.647. The average Bonchev–Trinajstić information content (AvgIpc) is 2.29. The van der Waals surface area contributed by atoms with E-state index in [-0.39, 0.29) is 0 Å². The van der Waals surface area contributed by atoms with E-state index >= 15 is 0 Å². The molecule has 0 radical (unpaired) electrons. The van der Waals surface area contributed by atoms with Gasteiger partial charge in [0.2, 0.25) is 0 Å². The summed E-state index contributed by atoms with van der Waals surface area (Å²) in [6.07, 6.45) is 3.71. The molecule has 0 nitrogen and oxygen atoms in total. The summed E-state index contributed by atoms with van der Waals surface area (Å²) in [4.78, 5) is 0. The molecular formula is C17H28. The van der Waals surface area contributed by atoms with Crippen LogP contribution in [0.2, 0.25) is 0 Å². The molecule has 1 unspecified atom stereocenters. The van der Waals surface area contributed by atoms with E-state index in [0.717, 1.165) is 0 Å². The molecule has 1 aromatic carbocycles. The Hall–Kier alpha value is -0.780. The van der Waals surface area contributed by atoms with E-state index in [4.69, 9.17) is 0 Å². The van der Waals surface area contributed by atoms with Crippen molar-refractivity contribution in [3.8, 4) is 0 Å². The molecule has 0 aliphatic heterocycles. The van der Waals surface area contributed by atoms with Crippen LogP contribution in [-0.2, 0) is 5.41 Å². The molecule has 0 amide bonds. The van der Waals surface area contributed by atoms with Crippen LogP contribution in [-0.4, -0.2) is 0 Å². The van der Waals surface area contributed by atoms with Gasteiger partial charge in [-0.25, -0.2) is 0 Å². The van der Waals surface area contributed by atoms with Gasteiger partial charge in [0.05, 0.1) is 0 Å². The topological polar surface area (TPSA) is 0 Å². The Labute approximate surface area is 107 Å². The van der Waals surface area contributed by atoms with Crippen molar-refractivity contribution in [2.75, 3.05) is 0 Å². The molecule has 1 aromatic rings. The zero-order valence-corrected chi connectivity index (χ0v) is 12.4. The third-order valence-corrected chi connectivity index (χ3v) is 4.35. The van der Waals surface area contributed by atoms with E-state index in [2.05, 4.69) is 65.8 Å². The monoisotopic (exact) mass is 232 g/mol. The lowest BCUT2D eigenvalue weighted by molar-refractivity contribution is 0.230. The second-order valence-corrected chi connectivity index (χ2v) is 6.47. The molecule has 0 heteroatoms. The van der Waals surface area contributed by atoms with E-state index in [1.54, 1.807) is 0 Å². The number of benzene rings is 1. The van der Waals surface area contributed by atoms with Crippen molar-refractivity contribution >= 4 is 0 Å². The summed E-state index contributed by atoms with van der Waals surface area (Å²) in [7, 11) is 0. The molecule has 0 N–H and O–H groups in total. The molecular weight excluding hydrogens is 204 g/mol. The van der Waals surface area contributed by atoms with Gasteiger partial charge in [-0.15, -0.1) is 0 Å². The molecule has 0 fully saturated rings. The molecule has 1 rings (SSSR count). The highest BCUT2D eigenvalue weighted by molar-refractivity contribution is 5.28. The van der Waals surface area contributed by atoms with Crippen LogP contribution in [0.15, 0.2) is 24.3 Å². The molecule has 17 heavy (non-hydrogen) atoms. The van der Waals surface area contributed by atoms with Crippen LogP contribution in [0.4, 0.5) is 0 Å². The van der Waals surface area contributed by atoms with Crippen LogP contribution >= 0.6 is 0 Å². The quantitative estimate of drug-likeness (QED) is 0.630. The summed E-state index contributed by atoms with van der Waals surface area (Å²) >= 11 is 0. The van der Waals surface area contributed by atoms with Crippen molar-refractivity contribution in [1.29, 1.82) is 0 Å². The first kappa shape index (κ1) is 14.3. The third-order valence-electron chi connectivity index (χ3n) is 4.35. The second-order valence-electron chi connectivity index (χ2n) is 6.47. The molecule has 0 heterocycles. The van der Waals surface area contributed by atoms with Crippen molar-refractivity contribution < 1.29 is 0 Å². The van der Waals surface area contributed by atoms with Gasteiger partial charge < -0.3 is 0 Å². The summed E-state index contributed by atoms with van der Waals surface area (Å²) in [5, 5.41) is 0. The standard InChI is InChI=1S/C17H28/c1-7-16(4,5)13-17(6,8-2)15-11-9-14(3)10-12-15/h9-12H,7-8,13H2,1-6H3. The van der Waals surface area contributed by atoms with Gasteiger partial charge in [0.25, 0.3) is 0 Å². The first-order valence-corrected chi connectivity index (χ1v) is 6.90. The lowest BCUT2D eigenvalue weighted by Crippen LogP contribution is -2.28. The normalized spacial score (nSPS) is 15.6. The second kappa shape index (κ2) is 5.25. The molecule has 0 bridgehead atoms. The fourth-order valence-electron chi connectivity index (χ4n) is 2.57. The fourth-order valence-corrected chi connectivity index (χ4v) is 2.57. The van der Waals surface area contributed by atoms with Crippen molar-refractivity contribution in [2.45, 2.75) is 66.2 Å². The van der Waals surface area contributed by atoms with Crippen molar-refractivity contribution in [3.63, 3.8) is 0 Å². The van der Waals surface area contributed by atoms with E-state index in [1.165, 1.54) is 30.4 Å². The van der Waals surface area contributed by atoms with E-state index in [9.17, 15) is 0 Å². The van der Waals surface area contributed by atoms with Gasteiger partial charge in [-0.1, -0.05) is 70.9 Å². The van der Waals surface area contributed by atoms with Crippen LogP contribution < -0.4 is 0 Å². The van der Waals surface area contributed by atoms with Crippen LogP contribution in [0.25, 0.3) is 0 Å². The molecule has 1 atom stereocenters. The van der Waals surface area contributed by atoms with E-state index < -0.39 is 0 Å². The van der Waals surface area contributed by atoms with E-state index in [1.807, 2.05) is 0 Å². The Morgan fingerprint density at radius 3 is 1.82 bits per heavy atom. The van der Waals surface area contributed by atoms with Crippen LogP contribution in [0.3, 0.4) is 0 Å². The van der Waals surface area contributed by atoms with Gasteiger partial charge in [0.15, 0.2) is 0 Å². The highest BCUT2D eigenvalue weighted by Crippen LogP contribution is 2.40. The summed E-state index contributed by atoms with van der Waals surface area (Å²) in [5.41, 5.74) is 3.58. The smallest absolute Gasteiger partial charge is 0.00728 e. The third kappa shape index (κ3) is 3.59. The predicted molar refractivity (Wildman–Crippen MR) is 77.5 cm³/mol. The zero-order valence-electron chi connectivity index (χ0n) is 12.4. The number of hydrogen-bond donors (Lipinski definition) is 0. The highest BCUT2D eigenvalue weighted by atomic mass is 14.4. The van der Waals surface area contributed by atoms with Gasteiger partial charge in [-0.3, -0.25) is 0 Å². The minimum atomic E-state index is 0.313. The van der Waals surface area contributed by atoms with Gasteiger partial charge in [0.1, 0.15) is 0 Å². The van der Waals surface area contributed by atoms with Crippen molar-refractivity contribution in [3.05, 3.63) is 35.4 Å². The molecule has 0 aliphatic carbocycles. The number of hydrogen-bond acceptors (Lipinski definition) is 0. The van der Waals surface area contributed by atoms with Gasteiger partial charge in [-0.2, -0.15) is 0 Å². The predicted octanol–water partition coefficient (Wildman–Crippen LogP) is 5.49. The Bertz CT molecular complexity index is 345. The lowest BCUT2D eigenvalue weighted by atomic mass is 9.68. The Balaban J connectivity index is 2.99. The van der Waals surface area contributed by atoms with Crippen LogP contribution in [0.1, 0.15) is 65.0 Å². The van der Waals surface area contributed by atoms with Crippen molar-refractivity contribution in [1.82, 2.24) is 0 Å². The van der Waals surface area contributed by atoms with Gasteiger partial charge in [-0.05, 0) is 36.2 Å². The van der Waals surface area contributed by atoms with Crippen LogP contribution in [0.5, 0.6) is 0 Å². The molecule has 0 aliphatic rings. The Morgan fingerprint density at radius 2 is 1.41 bits per heavy atom. The minimum absolute atomic E-state index is 0.313. The summed E-state index contributed by atoms with van der Waals surface area (Å²) < 4.78 is 0. The van der Waals surface area contributed by atoms with Gasteiger partial charge >= 0.3 is 0 Å². The zero-order chi connectivity index (χ0) is 13.1. The van der Waals surface area contributed by atoms with Gasteiger partial charge in [0, 0.05) is 0 Å². The average molecular weight is 232 g/mol. The van der Waals surface area contributed by atoms with E-state index in [0.29, 0.717) is 10.8 Å². The maximum atomic E-state index is 2.41. The largest absolute Gasteiger partial charge is 0.0649 e. The minimum Gasteiger partial charge on any atom is -0.0649 e. The summed E-state index contributed by atoms with van der Waals surface area (Å²) in [6, 6.07) is 9.10. The first-order valence-electron chi connectivity index (χ1n) is 6.90. The molecule has 0 saturated carbocycles.